The maximum absolute atomic E-state index is 12.2. The van der Waals surface area contributed by atoms with Gasteiger partial charge in [-0.15, -0.1) is 0 Å². The number of carbonyl (C=O) groups is 2. The van der Waals surface area contributed by atoms with Crippen LogP contribution in [-0.4, -0.2) is 30.7 Å². The van der Waals surface area contributed by atoms with Crippen LogP contribution in [0.15, 0.2) is 54.6 Å². The third-order valence-electron chi connectivity index (χ3n) is 4.11. The Morgan fingerprint density at radius 3 is 1.92 bits per heavy atom. The van der Waals surface area contributed by atoms with Crippen molar-refractivity contribution in [1.82, 2.24) is 10.6 Å². The van der Waals surface area contributed by atoms with E-state index < -0.39 is 0 Å². The maximum Gasteiger partial charge on any atom is 0.251 e. The second kappa shape index (κ2) is 11.4. The summed E-state index contributed by atoms with van der Waals surface area (Å²) in [5, 5.41) is 5.75. The van der Waals surface area contributed by atoms with E-state index in [2.05, 4.69) is 35.4 Å². The molecule has 0 aromatic heterocycles. The van der Waals surface area contributed by atoms with E-state index in [1.807, 2.05) is 42.5 Å². The molecule has 2 aromatic carbocycles. The Morgan fingerprint density at radius 2 is 1.31 bits per heavy atom. The number of thiol groups is 1. The fraction of sp³-hybridized carbons (Fsp3) is 0.333. The molecule has 2 aromatic rings. The Bertz CT molecular complexity index is 687. The van der Waals surface area contributed by atoms with Gasteiger partial charge >= 0.3 is 0 Å². The second-order valence-electron chi connectivity index (χ2n) is 6.12. The normalized spacial score (nSPS) is 10.3. The van der Waals surface area contributed by atoms with Crippen molar-refractivity contribution in [2.75, 3.05) is 18.8 Å². The minimum Gasteiger partial charge on any atom is -0.355 e. The van der Waals surface area contributed by atoms with Crippen molar-refractivity contribution in [2.24, 2.45) is 0 Å². The van der Waals surface area contributed by atoms with Crippen LogP contribution in [0.25, 0.3) is 11.1 Å². The van der Waals surface area contributed by atoms with Gasteiger partial charge in [-0.05, 0) is 36.1 Å². The molecule has 0 unspecified atom stereocenters. The number of carbonyl (C=O) groups excluding carboxylic acids is 2. The molecule has 138 valence electrons. The van der Waals surface area contributed by atoms with Crippen molar-refractivity contribution >= 4 is 24.4 Å². The molecule has 0 heterocycles. The Labute approximate surface area is 160 Å². The Balaban J connectivity index is 1.63. The van der Waals surface area contributed by atoms with Gasteiger partial charge in [0.1, 0.15) is 0 Å². The molecule has 2 amide bonds. The monoisotopic (exact) mass is 370 g/mol. The number of hydrogen-bond donors (Lipinski definition) is 3. The van der Waals surface area contributed by atoms with Crippen LogP contribution in [0.2, 0.25) is 0 Å². The van der Waals surface area contributed by atoms with E-state index in [0.717, 1.165) is 36.8 Å². The lowest BCUT2D eigenvalue weighted by molar-refractivity contribution is -0.118. The van der Waals surface area contributed by atoms with Crippen LogP contribution in [-0.2, 0) is 4.79 Å². The maximum atomic E-state index is 12.2. The van der Waals surface area contributed by atoms with Crippen LogP contribution in [0, 0.1) is 0 Å². The molecule has 0 atom stereocenters. The number of nitrogens with one attached hydrogen (secondary N) is 2. The summed E-state index contributed by atoms with van der Waals surface area (Å²) >= 11 is 3.91. The summed E-state index contributed by atoms with van der Waals surface area (Å²) in [7, 11) is 0. The highest BCUT2D eigenvalue weighted by atomic mass is 32.1. The van der Waals surface area contributed by atoms with Gasteiger partial charge in [0.15, 0.2) is 0 Å². The lowest BCUT2D eigenvalue weighted by atomic mass is 10.0. The predicted octanol–water partition coefficient (Wildman–Crippen LogP) is 3.69. The molecule has 4 nitrogen and oxygen atoms in total. The average Bonchev–Trinajstić information content (AvgIpc) is 2.70. The van der Waals surface area contributed by atoms with E-state index in [0.29, 0.717) is 18.7 Å². The lowest BCUT2D eigenvalue weighted by Gasteiger charge is -2.07. The number of hydrogen-bond acceptors (Lipinski definition) is 3. The van der Waals surface area contributed by atoms with Crippen LogP contribution < -0.4 is 10.6 Å². The highest BCUT2D eigenvalue weighted by molar-refractivity contribution is 7.81. The molecule has 2 N–H and O–H groups in total. The first-order chi connectivity index (χ1) is 12.7. The van der Waals surface area contributed by atoms with E-state index in [1.165, 1.54) is 0 Å². The van der Waals surface area contributed by atoms with Gasteiger partial charge in [0.05, 0.1) is 5.75 Å². The highest BCUT2D eigenvalue weighted by Crippen LogP contribution is 2.19. The van der Waals surface area contributed by atoms with Crippen molar-refractivity contribution in [2.45, 2.75) is 25.7 Å². The molecule has 0 spiro atoms. The van der Waals surface area contributed by atoms with Gasteiger partial charge in [0.2, 0.25) is 5.91 Å². The zero-order chi connectivity index (χ0) is 18.6. The van der Waals surface area contributed by atoms with E-state index in [-0.39, 0.29) is 17.6 Å². The van der Waals surface area contributed by atoms with Crippen LogP contribution in [0.3, 0.4) is 0 Å². The largest absolute Gasteiger partial charge is 0.355 e. The SMILES string of the molecule is O=C(CS)NCCCCCCNC(=O)c1ccc(-c2ccccc2)cc1. The Hall–Kier alpha value is -2.27. The summed E-state index contributed by atoms with van der Waals surface area (Å²) in [4.78, 5) is 23.2. The summed E-state index contributed by atoms with van der Waals surface area (Å²) in [6.45, 7) is 1.36. The molecule has 0 bridgehead atoms. The smallest absolute Gasteiger partial charge is 0.251 e. The summed E-state index contributed by atoms with van der Waals surface area (Å²) < 4.78 is 0. The molecular weight excluding hydrogens is 344 g/mol. The molecule has 0 fully saturated rings. The van der Waals surface area contributed by atoms with Crippen molar-refractivity contribution in [3.63, 3.8) is 0 Å². The van der Waals surface area contributed by atoms with Gasteiger partial charge < -0.3 is 10.6 Å². The topological polar surface area (TPSA) is 58.2 Å². The molecule has 0 aliphatic heterocycles. The molecule has 0 aliphatic rings. The molecular formula is C21H26N2O2S. The zero-order valence-corrected chi connectivity index (χ0v) is 15.8. The van der Waals surface area contributed by atoms with Gasteiger partial charge in [-0.1, -0.05) is 55.3 Å². The fourth-order valence-corrected chi connectivity index (χ4v) is 2.75. The van der Waals surface area contributed by atoms with E-state index in [9.17, 15) is 9.59 Å². The minimum atomic E-state index is -0.0364. The van der Waals surface area contributed by atoms with E-state index in [1.54, 1.807) is 0 Å². The van der Waals surface area contributed by atoms with Crippen molar-refractivity contribution in [1.29, 1.82) is 0 Å². The quantitative estimate of drug-likeness (QED) is 0.441. The van der Waals surface area contributed by atoms with Crippen LogP contribution in [0.4, 0.5) is 0 Å². The Kier molecular flexibility index (Phi) is 8.76. The number of benzene rings is 2. The first-order valence-electron chi connectivity index (χ1n) is 9.02. The van der Waals surface area contributed by atoms with Crippen LogP contribution in [0.5, 0.6) is 0 Å². The number of amides is 2. The number of rotatable bonds is 10. The summed E-state index contributed by atoms with van der Waals surface area (Å²) in [5.41, 5.74) is 2.93. The van der Waals surface area contributed by atoms with E-state index in [4.69, 9.17) is 0 Å². The van der Waals surface area contributed by atoms with Gasteiger partial charge in [-0.25, -0.2) is 0 Å². The third-order valence-corrected chi connectivity index (χ3v) is 4.40. The first-order valence-corrected chi connectivity index (χ1v) is 9.65. The van der Waals surface area contributed by atoms with Gasteiger partial charge in [-0.2, -0.15) is 12.6 Å². The minimum absolute atomic E-state index is 0.0288. The summed E-state index contributed by atoms with van der Waals surface area (Å²) in [6.07, 6.45) is 3.96. The average molecular weight is 371 g/mol. The van der Waals surface area contributed by atoms with Crippen molar-refractivity contribution in [3.8, 4) is 11.1 Å². The molecule has 26 heavy (non-hydrogen) atoms. The fourth-order valence-electron chi connectivity index (χ4n) is 2.64. The van der Waals surface area contributed by atoms with Crippen molar-refractivity contribution < 1.29 is 9.59 Å². The molecule has 0 saturated heterocycles. The van der Waals surface area contributed by atoms with Gasteiger partial charge in [0.25, 0.3) is 5.91 Å². The standard InChI is InChI=1S/C21H26N2O2S/c24-20(16-26)22-14-6-1-2-7-15-23-21(25)19-12-10-18(11-13-19)17-8-4-3-5-9-17/h3-5,8-13,26H,1-2,6-7,14-16H2,(H,22,24)(H,23,25). The van der Waals surface area contributed by atoms with Crippen LogP contribution >= 0.6 is 12.6 Å². The van der Waals surface area contributed by atoms with Crippen molar-refractivity contribution in [3.05, 3.63) is 60.2 Å². The molecule has 0 radical (unpaired) electrons. The molecule has 0 aliphatic carbocycles. The second-order valence-corrected chi connectivity index (χ2v) is 6.44. The molecule has 0 saturated carbocycles. The lowest BCUT2D eigenvalue weighted by Crippen LogP contribution is -2.25. The predicted molar refractivity (Wildman–Crippen MR) is 110 cm³/mol. The Morgan fingerprint density at radius 1 is 0.731 bits per heavy atom. The van der Waals surface area contributed by atoms with E-state index >= 15 is 0 Å². The third kappa shape index (κ3) is 6.92. The summed E-state index contributed by atoms with van der Waals surface area (Å²) in [6, 6.07) is 17.8. The van der Waals surface area contributed by atoms with Crippen LogP contribution in [0.1, 0.15) is 36.0 Å². The van der Waals surface area contributed by atoms with Gasteiger partial charge in [0, 0.05) is 18.7 Å². The molecule has 2 rings (SSSR count). The van der Waals surface area contributed by atoms with Gasteiger partial charge in [-0.3, -0.25) is 9.59 Å². The first kappa shape index (κ1) is 20.0. The highest BCUT2D eigenvalue weighted by Gasteiger charge is 2.05. The molecule has 5 heteroatoms. The zero-order valence-electron chi connectivity index (χ0n) is 14.9. The summed E-state index contributed by atoms with van der Waals surface area (Å²) in [5.74, 6) is 0.169. The number of unbranched alkanes of at least 4 members (excludes halogenated alkanes) is 3.